The van der Waals surface area contributed by atoms with Crippen molar-refractivity contribution in [2.24, 2.45) is 0 Å². The number of nitrogens with zero attached hydrogens (tertiary/aromatic N) is 1. The third kappa shape index (κ3) is 5.93. The van der Waals surface area contributed by atoms with Gasteiger partial charge in [-0.05, 0) is 55.9 Å². The summed E-state index contributed by atoms with van der Waals surface area (Å²) in [6, 6.07) is 13.4. The summed E-state index contributed by atoms with van der Waals surface area (Å²) in [6.07, 6.45) is -0.271. The highest BCUT2D eigenvalue weighted by Gasteiger charge is 2.59. The lowest BCUT2D eigenvalue weighted by molar-refractivity contribution is -0.156. The third-order valence-electron chi connectivity index (χ3n) is 8.22. The molecule has 5 rings (SSSR count). The maximum Gasteiger partial charge on any atom is 0.407 e. The Hall–Kier alpha value is -4.41. The van der Waals surface area contributed by atoms with Crippen LogP contribution in [0.4, 0.5) is 4.79 Å². The second-order valence-corrected chi connectivity index (χ2v) is 12.2. The minimum atomic E-state index is -1.39. The Bertz CT molecular complexity index is 1400. The number of amides is 3. The van der Waals surface area contributed by atoms with Gasteiger partial charge >= 0.3 is 18.0 Å². The molecule has 3 amide bonds. The lowest BCUT2D eigenvalue weighted by Crippen LogP contribution is -2.52. The van der Waals surface area contributed by atoms with Crippen LogP contribution in [0.2, 0.25) is 0 Å². The number of rotatable bonds is 8. The minimum Gasteiger partial charge on any atom is -0.467 e. The summed E-state index contributed by atoms with van der Waals surface area (Å²) in [4.78, 5) is 66.4. The van der Waals surface area contributed by atoms with Crippen molar-refractivity contribution in [3.05, 3.63) is 59.7 Å². The molecule has 2 aliphatic heterocycles. The molecule has 2 fully saturated rings. The predicted molar refractivity (Wildman–Crippen MR) is 155 cm³/mol. The molecule has 2 saturated heterocycles. The molecule has 2 aromatic rings. The molecule has 2 aromatic carbocycles. The summed E-state index contributed by atoms with van der Waals surface area (Å²) in [5.74, 6) is -2.61. The first-order chi connectivity index (χ1) is 20.4. The molecule has 2 N–H and O–H groups in total. The number of nitrogens with one attached hydrogen (secondary N) is 2. The number of methoxy groups -OCH3 is 1. The van der Waals surface area contributed by atoms with Crippen LogP contribution in [0.3, 0.4) is 0 Å². The summed E-state index contributed by atoms with van der Waals surface area (Å²) >= 11 is 0. The van der Waals surface area contributed by atoms with Crippen molar-refractivity contribution in [1.82, 2.24) is 15.5 Å². The first kappa shape index (κ1) is 30.1. The van der Waals surface area contributed by atoms with Crippen molar-refractivity contribution in [1.29, 1.82) is 0 Å². The number of alkyl carbamates (subject to hydrolysis) is 1. The summed E-state index contributed by atoms with van der Waals surface area (Å²) in [5.41, 5.74) is 2.24. The molecule has 3 atom stereocenters. The molecule has 0 radical (unpaired) electrons. The summed E-state index contributed by atoms with van der Waals surface area (Å²) in [5, 5.41) is 5.14. The molecule has 3 aliphatic rings. The van der Waals surface area contributed by atoms with Gasteiger partial charge in [-0.2, -0.15) is 0 Å². The van der Waals surface area contributed by atoms with E-state index in [1.807, 2.05) is 48.5 Å². The van der Waals surface area contributed by atoms with E-state index in [9.17, 15) is 24.0 Å². The van der Waals surface area contributed by atoms with Crippen molar-refractivity contribution in [3.8, 4) is 11.1 Å². The molecular weight excluding hydrogens is 554 g/mol. The van der Waals surface area contributed by atoms with Crippen LogP contribution in [-0.2, 0) is 33.4 Å². The van der Waals surface area contributed by atoms with Gasteiger partial charge in [-0.1, -0.05) is 48.5 Å². The van der Waals surface area contributed by atoms with Crippen LogP contribution in [0.25, 0.3) is 11.1 Å². The highest BCUT2D eigenvalue weighted by molar-refractivity contribution is 5.99. The highest BCUT2D eigenvalue weighted by atomic mass is 16.6. The van der Waals surface area contributed by atoms with Crippen molar-refractivity contribution in [2.45, 2.75) is 75.6 Å². The second-order valence-electron chi connectivity index (χ2n) is 12.2. The van der Waals surface area contributed by atoms with Gasteiger partial charge in [0.25, 0.3) is 0 Å². The maximum atomic E-state index is 13.5. The normalized spacial score (nSPS) is 21.3. The average Bonchev–Trinajstić information content (AvgIpc) is 3.60. The Morgan fingerprint density at radius 1 is 1.02 bits per heavy atom. The van der Waals surface area contributed by atoms with Crippen molar-refractivity contribution < 1.29 is 38.2 Å². The summed E-state index contributed by atoms with van der Waals surface area (Å²) in [7, 11) is 1.26. The van der Waals surface area contributed by atoms with Crippen LogP contribution in [0.15, 0.2) is 48.5 Å². The number of fused-ring (bicyclic) bond motifs is 4. The van der Waals surface area contributed by atoms with Gasteiger partial charge in [0.05, 0.1) is 13.5 Å². The fourth-order valence-electron chi connectivity index (χ4n) is 6.44. The number of carbonyl (C=O) groups is 5. The first-order valence-electron chi connectivity index (χ1n) is 14.5. The lowest BCUT2D eigenvalue weighted by atomic mass is 9.92. The molecule has 0 aromatic heterocycles. The zero-order valence-electron chi connectivity index (χ0n) is 24.8. The molecule has 0 bridgehead atoms. The van der Waals surface area contributed by atoms with E-state index in [0.29, 0.717) is 19.4 Å². The van der Waals surface area contributed by atoms with E-state index in [0.717, 1.165) is 22.3 Å². The lowest BCUT2D eigenvalue weighted by Gasteiger charge is -2.28. The van der Waals surface area contributed by atoms with E-state index in [-0.39, 0.29) is 18.9 Å². The van der Waals surface area contributed by atoms with E-state index in [2.05, 4.69) is 10.6 Å². The Balaban J connectivity index is 1.28. The predicted octanol–water partition coefficient (Wildman–Crippen LogP) is 3.05. The number of ether oxygens (including phenoxy) is 3. The van der Waals surface area contributed by atoms with Gasteiger partial charge in [-0.25, -0.2) is 9.59 Å². The highest BCUT2D eigenvalue weighted by Crippen LogP contribution is 2.44. The monoisotopic (exact) mass is 591 g/mol. The maximum absolute atomic E-state index is 13.5. The molecule has 2 heterocycles. The van der Waals surface area contributed by atoms with Crippen molar-refractivity contribution >= 4 is 29.8 Å². The molecule has 11 nitrogen and oxygen atoms in total. The number of benzene rings is 2. The Morgan fingerprint density at radius 2 is 1.65 bits per heavy atom. The number of hydrogen-bond acceptors (Lipinski definition) is 8. The largest absolute Gasteiger partial charge is 0.467 e. The van der Waals surface area contributed by atoms with Gasteiger partial charge < -0.3 is 29.7 Å². The molecule has 1 aliphatic carbocycles. The van der Waals surface area contributed by atoms with E-state index in [1.54, 1.807) is 20.8 Å². The van der Waals surface area contributed by atoms with Crippen molar-refractivity contribution in [3.63, 3.8) is 0 Å². The third-order valence-corrected chi connectivity index (χ3v) is 8.22. The number of hydrogen-bond donors (Lipinski definition) is 2. The van der Waals surface area contributed by atoms with E-state index < -0.39 is 59.5 Å². The standard InChI is InChI=1S/C32H37N3O8/c1-31(2,3)43-26(36)16-24(27(37)33-25-17-32(29(39)41-4)14-9-15-35(32)28(25)38)34-30(40)42-18-23-21-12-7-5-10-19(21)20-11-6-8-13-22(20)23/h5-8,10-13,23-25H,9,14-18H2,1-4H3,(H,33,37)(H,34,40)/t24-,25+,32+/m0/s1. The van der Waals surface area contributed by atoms with Gasteiger partial charge in [-0.3, -0.25) is 14.4 Å². The van der Waals surface area contributed by atoms with Crippen LogP contribution < -0.4 is 10.6 Å². The molecule has 0 spiro atoms. The van der Waals surface area contributed by atoms with Gasteiger partial charge in [0.1, 0.15) is 29.8 Å². The van der Waals surface area contributed by atoms with E-state index in [4.69, 9.17) is 14.2 Å². The fraction of sp³-hybridized carbons (Fsp3) is 0.469. The zero-order valence-corrected chi connectivity index (χ0v) is 24.8. The molecular formula is C32H37N3O8. The molecule has 0 saturated carbocycles. The molecule has 43 heavy (non-hydrogen) atoms. The van der Waals surface area contributed by atoms with E-state index >= 15 is 0 Å². The van der Waals surface area contributed by atoms with Crippen LogP contribution in [0.5, 0.6) is 0 Å². The summed E-state index contributed by atoms with van der Waals surface area (Å²) < 4.78 is 16.0. The topological polar surface area (TPSA) is 140 Å². The second kappa shape index (κ2) is 11.7. The van der Waals surface area contributed by atoms with Gasteiger partial charge in [0, 0.05) is 18.9 Å². The van der Waals surface area contributed by atoms with Gasteiger partial charge in [0.15, 0.2) is 0 Å². The average molecular weight is 592 g/mol. The van der Waals surface area contributed by atoms with Crippen LogP contribution in [0, 0.1) is 0 Å². The quantitative estimate of drug-likeness (QED) is 0.353. The Labute approximate surface area is 250 Å². The summed E-state index contributed by atoms with van der Waals surface area (Å²) in [6.45, 7) is 5.46. The minimum absolute atomic E-state index is 0.0123. The van der Waals surface area contributed by atoms with Crippen LogP contribution >= 0.6 is 0 Å². The van der Waals surface area contributed by atoms with E-state index in [1.165, 1.54) is 12.0 Å². The molecule has 11 heteroatoms. The number of carbonyl (C=O) groups excluding carboxylic acids is 5. The van der Waals surface area contributed by atoms with Gasteiger partial charge in [0.2, 0.25) is 11.8 Å². The Morgan fingerprint density at radius 3 is 2.26 bits per heavy atom. The van der Waals surface area contributed by atoms with Crippen LogP contribution in [-0.4, -0.2) is 78.2 Å². The molecule has 228 valence electrons. The smallest absolute Gasteiger partial charge is 0.407 e. The Kier molecular flexibility index (Phi) is 8.18. The van der Waals surface area contributed by atoms with Gasteiger partial charge in [-0.15, -0.1) is 0 Å². The first-order valence-corrected chi connectivity index (χ1v) is 14.5. The number of esters is 2. The zero-order chi connectivity index (χ0) is 30.9. The van der Waals surface area contributed by atoms with Crippen molar-refractivity contribution in [2.75, 3.05) is 20.3 Å². The fourth-order valence-corrected chi connectivity index (χ4v) is 6.44. The van der Waals surface area contributed by atoms with Crippen LogP contribution in [0.1, 0.15) is 63.5 Å². The molecule has 0 unspecified atom stereocenters. The SMILES string of the molecule is COC(=O)[C@]12CCCN1C(=O)[C@H](NC(=O)[C@H](CC(=O)OC(C)(C)C)NC(=O)OCC1c3ccccc3-c3ccccc31)C2.